The van der Waals surface area contributed by atoms with Crippen molar-refractivity contribution in [3.8, 4) is 0 Å². The summed E-state index contributed by atoms with van der Waals surface area (Å²) in [5.74, 6) is -0.916. The summed E-state index contributed by atoms with van der Waals surface area (Å²) in [5.41, 5.74) is 0. The number of hydrogen-bond acceptors (Lipinski definition) is 3. The van der Waals surface area contributed by atoms with Crippen LogP contribution in [0.5, 0.6) is 0 Å². The maximum absolute atomic E-state index is 11.7. The van der Waals surface area contributed by atoms with Gasteiger partial charge in [0.2, 0.25) is 11.8 Å². The van der Waals surface area contributed by atoms with Crippen molar-refractivity contribution in [2.45, 2.75) is 38.5 Å². The van der Waals surface area contributed by atoms with Gasteiger partial charge in [-0.05, 0) is 12.8 Å². The molecule has 1 aliphatic carbocycles. The number of nitrogens with zero attached hydrogens (tertiary/aromatic N) is 1. The standard InChI is InChI=1S/C13H22N2O4/c1-15(9-7-12(17)18)11(16)6-8-14-13(19)10-4-2-3-5-10/h10H,2-9H2,1H3,(H,14,19)(H,17,18). The van der Waals surface area contributed by atoms with E-state index < -0.39 is 5.97 Å². The van der Waals surface area contributed by atoms with E-state index in [0.29, 0.717) is 6.54 Å². The number of carbonyl (C=O) groups excluding carboxylic acids is 2. The Kier molecular flexibility index (Phi) is 6.32. The lowest BCUT2D eigenvalue weighted by molar-refractivity contribution is -0.138. The summed E-state index contributed by atoms with van der Waals surface area (Å²) in [7, 11) is 1.57. The van der Waals surface area contributed by atoms with Gasteiger partial charge in [-0.15, -0.1) is 0 Å². The molecule has 0 aliphatic heterocycles. The van der Waals surface area contributed by atoms with Gasteiger partial charge >= 0.3 is 5.97 Å². The van der Waals surface area contributed by atoms with E-state index in [2.05, 4.69) is 5.32 Å². The van der Waals surface area contributed by atoms with Crippen molar-refractivity contribution in [1.82, 2.24) is 10.2 Å². The molecule has 2 amide bonds. The van der Waals surface area contributed by atoms with Crippen LogP contribution >= 0.6 is 0 Å². The highest BCUT2D eigenvalue weighted by Gasteiger charge is 2.22. The molecule has 0 aromatic heterocycles. The molecule has 0 saturated heterocycles. The number of carboxylic acids is 1. The van der Waals surface area contributed by atoms with Gasteiger partial charge < -0.3 is 15.3 Å². The first kappa shape index (κ1) is 15.5. The molecule has 0 radical (unpaired) electrons. The van der Waals surface area contributed by atoms with E-state index >= 15 is 0 Å². The van der Waals surface area contributed by atoms with Crippen LogP contribution in [0.25, 0.3) is 0 Å². The third-order valence-corrected chi connectivity index (χ3v) is 3.45. The number of carbonyl (C=O) groups is 3. The van der Waals surface area contributed by atoms with Gasteiger partial charge in [-0.1, -0.05) is 12.8 Å². The van der Waals surface area contributed by atoms with Gasteiger partial charge in [0.25, 0.3) is 0 Å². The van der Waals surface area contributed by atoms with E-state index in [1.807, 2.05) is 0 Å². The van der Waals surface area contributed by atoms with E-state index in [4.69, 9.17) is 5.11 Å². The summed E-state index contributed by atoms with van der Waals surface area (Å²) in [4.78, 5) is 35.1. The zero-order chi connectivity index (χ0) is 14.3. The van der Waals surface area contributed by atoms with Crippen LogP contribution < -0.4 is 5.32 Å². The van der Waals surface area contributed by atoms with Gasteiger partial charge in [0.1, 0.15) is 0 Å². The third kappa shape index (κ3) is 5.72. The average Bonchev–Trinajstić information content (AvgIpc) is 2.89. The summed E-state index contributed by atoms with van der Waals surface area (Å²) in [6.45, 7) is 0.524. The predicted octanol–water partition coefficient (Wildman–Crippen LogP) is 0.616. The van der Waals surface area contributed by atoms with Crippen molar-refractivity contribution in [2.24, 2.45) is 5.92 Å². The van der Waals surface area contributed by atoms with Crippen molar-refractivity contribution in [2.75, 3.05) is 20.1 Å². The minimum Gasteiger partial charge on any atom is -0.481 e. The molecule has 1 aliphatic rings. The monoisotopic (exact) mass is 270 g/mol. The number of amides is 2. The smallest absolute Gasteiger partial charge is 0.305 e. The van der Waals surface area contributed by atoms with Crippen LogP contribution in [0, 0.1) is 5.92 Å². The molecule has 108 valence electrons. The molecule has 1 fully saturated rings. The Morgan fingerprint density at radius 1 is 1.21 bits per heavy atom. The fraction of sp³-hybridized carbons (Fsp3) is 0.769. The van der Waals surface area contributed by atoms with Gasteiger partial charge in [0.15, 0.2) is 0 Å². The van der Waals surface area contributed by atoms with E-state index in [-0.39, 0.29) is 37.1 Å². The van der Waals surface area contributed by atoms with Crippen molar-refractivity contribution in [3.05, 3.63) is 0 Å². The lowest BCUT2D eigenvalue weighted by Crippen LogP contribution is -2.35. The zero-order valence-corrected chi connectivity index (χ0v) is 11.4. The molecule has 1 saturated carbocycles. The Morgan fingerprint density at radius 3 is 2.42 bits per heavy atom. The molecule has 0 bridgehead atoms. The van der Waals surface area contributed by atoms with Crippen LogP contribution in [-0.4, -0.2) is 47.9 Å². The SMILES string of the molecule is CN(CCC(=O)O)C(=O)CCNC(=O)C1CCCC1. The highest BCUT2D eigenvalue weighted by Crippen LogP contribution is 2.24. The number of hydrogen-bond donors (Lipinski definition) is 2. The normalized spacial score (nSPS) is 15.2. The lowest BCUT2D eigenvalue weighted by Gasteiger charge is -2.16. The third-order valence-electron chi connectivity index (χ3n) is 3.45. The van der Waals surface area contributed by atoms with Gasteiger partial charge in [-0.3, -0.25) is 14.4 Å². The van der Waals surface area contributed by atoms with Gasteiger partial charge in [0, 0.05) is 32.5 Å². The van der Waals surface area contributed by atoms with Crippen molar-refractivity contribution in [1.29, 1.82) is 0 Å². The lowest BCUT2D eigenvalue weighted by atomic mass is 10.1. The fourth-order valence-corrected chi connectivity index (χ4v) is 2.20. The molecule has 6 heteroatoms. The summed E-state index contributed by atoms with van der Waals surface area (Å²) in [6, 6.07) is 0. The van der Waals surface area contributed by atoms with Crippen molar-refractivity contribution < 1.29 is 19.5 Å². The quantitative estimate of drug-likeness (QED) is 0.710. The van der Waals surface area contributed by atoms with Crippen LogP contribution in [0.15, 0.2) is 0 Å². The highest BCUT2D eigenvalue weighted by molar-refractivity contribution is 5.80. The molecule has 0 aromatic rings. The van der Waals surface area contributed by atoms with Gasteiger partial charge in [-0.2, -0.15) is 0 Å². The molecule has 0 unspecified atom stereocenters. The van der Waals surface area contributed by atoms with E-state index in [1.54, 1.807) is 7.05 Å². The second-order valence-corrected chi connectivity index (χ2v) is 4.98. The first-order chi connectivity index (χ1) is 9.00. The van der Waals surface area contributed by atoms with E-state index in [9.17, 15) is 14.4 Å². The predicted molar refractivity (Wildman–Crippen MR) is 69.5 cm³/mol. The summed E-state index contributed by atoms with van der Waals surface area (Å²) in [5, 5.41) is 11.3. The topological polar surface area (TPSA) is 86.7 Å². The second kappa shape index (κ2) is 7.76. The maximum Gasteiger partial charge on any atom is 0.305 e. The number of rotatable bonds is 7. The van der Waals surface area contributed by atoms with Crippen molar-refractivity contribution in [3.63, 3.8) is 0 Å². The van der Waals surface area contributed by atoms with E-state index in [0.717, 1.165) is 25.7 Å². The Balaban J connectivity index is 2.15. The zero-order valence-electron chi connectivity index (χ0n) is 11.4. The molecule has 1 rings (SSSR count). The van der Waals surface area contributed by atoms with Crippen LogP contribution in [0.1, 0.15) is 38.5 Å². The minimum atomic E-state index is -0.922. The Bertz CT molecular complexity index is 338. The molecule has 0 heterocycles. The van der Waals surface area contributed by atoms with Crippen LogP contribution in [-0.2, 0) is 14.4 Å². The maximum atomic E-state index is 11.7. The Labute approximate surface area is 113 Å². The molecular formula is C13H22N2O4. The Hall–Kier alpha value is -1.59. The van der Waals surface area contributed by atoms with Crippen LogP contribution in [0.3, 0.4) is 0 Å². The van der Waals surface area contributed by atoms with Crippen LogP contribution in [0.2, 0.25) is 0 Å². The van der Waals surface area contributed by atoms with E-state index in [1.165, 1.54) is 4.90 Å². The summed E-state index contributed by atoms with van der Waals surface area (Å²) < 4.78 is 0. The molecular weight excluding hydrogens is 248 g/mol. The first-order valence-electron chi connectivity index (χ1n) is 6.74. The molecule has 6 nitrogen and oxygen atoms in total. The molecule has 0 spiro atoms. The molecule has 19 heavy (non-hydrogen) atoms. The summed E-state index contributed by atoms with van der Waals surface area (Å²) >= 11 is 0. The van der Waals surface area contributed by atoms with Gasteiger partial charge in [0.05, 0.1) is 6.42 Å². The Morgan fingerprint density at radius 2 is 1.84 bits per heavy atom. The average molecular weight is 270 g/mol. The second-order valence-electron chi connectivity index (χ2n) is 4.98. The van der Waals surface area contributed by atoms with Gasteiger partial charge in [-0.25, -0.2) is 0 Å². The number of aliphatic carboxylic acids is 1. The largest absolute Gasteiger partial charge is 0.481 e. The minimum absolute atomic E-state index is 0.0403. The number of carboxylic acid groups (broad SMARTS) is 1. The summed E-state index contributed by atoms with van der Waals surface area (Å²) in [6.07, 6.45) is 4.26. The van der Waals surface area contributed by atoms with Crippen molar-refractivity contribution >= 4 is 17.8 Å². The number of nitrogens with one attached hydrogen (secondary N) is 1. The molecule has 2 N–H and O–H groups in total. The highest BCUT2D eigenvalue weighted by atomic mass is 16.4. The van der Waals surface area contributed by atoms with Crippen LogP contribution in [0.4, 0.5) is 0 Å². The fourth-order valence-electron chi connectivity index (χ4n) is 2.20. The molecule has 0 aromatic carbocycles. The molecule has 0 atom stereocenters. The first-order valence-corrected chi connectivity index (χ1v) is 6.74.